The normalized spacial score (nSPS) is 13.4. The van der Waals surface area contributed by atoms with Crippen LogP contribution in [-0.2, 0) is 14.3 Å². The maximum absolute atomic E-state index is 12.2. The minimum absolute atomic E-state index is 0.0567. The van der Waals surface area contributed by atoms with Crippen LogP contribution in [0.5, 0.6) is 0 Å². The van der Waals surface area contributed by atoms with Crippen LogP contribution in [0.25, 0.3) is 0 Å². The Bertz CT molecular complexity index is 556. The molecule has 0 aliphatic heterocycles. The fourth-order valence-corrected chi connectivity index (χ4v) is 3.49. The van der Waals surface area contributed by atoms with Gasteiger partial charge in [0.2, 0.25) is 0 Å². The Labute approximate surface area is 128 Å². The molecule has 0 atom stereocenters. The lowest BCUT2D eigenvalue weighted by molar-refractivity contribution is 0.0747. The second-order valence-electron chi connectivity index (χ2n) is 7.19. The van der Waals surface area contributed by atoms with Crippen molar-refractivity contribution in [2.75, 3.05) is 13.2 Å². The highest BCUT2D eigenvalue weighted by atomic mass is 32.2. The average molecular weight is 314 g/mol. The van der Waals surface area contributed by atoms with Gasteiger partial charge in [0.05, 0.1) is 11.5 Å². The zero-order chi connectivity index (χ0) is 16.3. The summed E-state index contributed by atoms with van der Waals surface area (Å²) < 4.78 is 29.5. The van der Waals surface area contributed by atoms with Crippen molar-refractivity contribution in [2.45, 2.75) is 45.9 Å². The van der Waals surface area contributed by atoms with Gasteiger partial charge in [0.1, 0.15) is 0 Å². The zero-order valence-electron chi connectivity index (χ0n) is 13.5. The maximum Gasteiger partial charge on any atom is 0.296 e. The minimum Gasteiger partial charge on any atom is -0.396 e. The lowest BCUT2D eigenvalue weighted by atomic mass is 9.76. The maximum atomic E-state index is 12.2. The van der Waals surface area contributed by atoms with Gasteiger partial charge in [-0.2, -0.15) is 8.42 Å². The van der Waals surface area contributed by atoms with Crippen molar-refractivity contribution >= 4 is 10.1 Å². The highest BCUT2D eigenvalue weighted by Crippen LogP contribution is 2.34. The lowest BCUT2D eigenvalue weighted by Crippen LogP contribution is -2.30. The first-order valence-corrected chi connectivity index (χ1v) is 8.45. The van der Waals surface area contributed by atoms with Crippen LogP contribution in [0.1, 0.15) is 39.7 Å². The van der Waals surface area contributed by atoms with E-state index in [-0.39, 0.29) is 28.9 Å². The second kappa shape index (κ2) is 6.46. The standard InChI is InChI=1S/C16H26O4S/c1-13-6-8-14(9-7-13)21(18,19)20-12-16(4,5)10-15(2,3)11-17/h6-9,17H,10-12H2,1-5H3. The van der Waals surface area contributed by atoms with Gasteiger partial charge in [-0.3, -0.25) is 4.18 Å². The van der Waals surface area contributed by atoms with E-state index < -0.39 is 10.1 Å². The second-order valence-corrected chi connectivity index (χ2v) is 8.81. The van der Waals surface area contributed by atoms with E-state index >= 15 is 0 Å². The first-order valence-electron chi connectivity index (χ1n) is 7.04. The molecule has 5 heteroatoms. The molecule has 0 bridgehead atoms. The molecule has 0 saturated heterocycles. The van der Waals surface area contributed by atoms with Gasteiger partial charge >= 0.3 is 0 Å². The molecule has 0 heterocycles. The molecule has 120 valence electrons. The summed E-state index contributed by atoms with van der Waals surface area (Å²) in [6.07, 6.45) is 0.667. The molecule has 0 spiro atoms. The Kier molecular flexibility index (Phi) is 5.58. The quantitative estimate of drug-likeness (QED) is 0.785. The Hall–Kier alpha value is -0.910. The third-order valence-electron chi connectivity index (χ3n) is 3.30. The molecule has 0 aliphatic carbocycles. The number of aliphatic hydroxyl groups excluding tert-OH is 1. The predicted molar refractivity (Wildman–Crippen MR) is 83.6 cm³/mol. The lowest BCUT2D eigenvalue weighted by Gasteiger charge is -2.33. The third kappa shape index (κ3) is 5.77. The largest absolute Gasteiger partial charge is 0.396 e. The Morgan fingerprint density at radius 1 is 1.05 bits per heavy atom. The van der Waals surface area contributed by atoms with Crippen molar-refractivity contribution in [1.82, 2.24) is 0 Å². The molecule has 0 aromatic heterocycles. The number of benzene rings is 1. The number of aryl methyl sites for hydroxylation is 1. The predicted octanol–water partition coefficient (Wildman–Crippen LogP) is 3.14. The summed E-state index contributed by atoms with van der Waals surface area (Å²) in [5.74, 6) is 0. The van der Waals surface area contributed by atoms with Gasteiger partial charge in [-0.1, -0.05) is 45.4 Å². The first-order chi connectivity index (χ1) is 9.47. The van der Waals surface area contributed by atoms with Gasteiger partial charge in [-0.05, 0) is 36.3 Å². The molecular weight excluding hydrogens is 288 g/mol. The number of hydrogen-bond acceptors (Lipinski definition) is 4. The molecule has 0 aliphatic rings. The molecule has 1 aromatic rings. The summed E-state index contributed by atoms with van der Waals surface area (Å²) in [7, 11) is -3.74. The molecule has 0 saturated carbocycles. The van der Waals surface area contributed by atoms with Crippen LogP contribution in [0.4, 0.5) is 0 Å². The van der Waals surface area contributed by atoms with Gasteiger partial charge in [0.15, 0.2) is 0 Å². The molecule has 1 rings (SSSR count). The van der Waals surface area contributed by atoms with Crippen LogP contribution in [0.15, 0.2) is 29.2 Å². The fraction of sp³-hybridized carbons (Fsp3) is 0.625. The summed E-state index contributed by atoms with van der Waals surface area (Å²) in [5.41, 5.74) is 0.392. The summed E-state index contributed by atoms with van der Waals surface area (Å²) in [6.45, 7) is 9.82. The Morgan fingerprint density at radius 3 is 2.05 bits per heavy atom. The summed E-state index contributed by atoms with van der Waals surface area (Å²) in [6, 6.07) is 6.59. The fourth-order valence-electron chi connectivity index (χ4n) is 2.41. The van der Waals surface area contributed by atoms with E-state index in [1.807, 2.05) is 34.6 Å². The van der Waals surface area contributed by atoms with Crippen LogP contribution in [0.2, 0.25) is 0 Å². The SMILES string of the molecule is Cc1ccc(S(=O)(=O)OCC(C)(C)CC(C)(C)CO)cc1. The molecule has 0 amide bonds. The van der Waals surface area contributed by atoms with Crippen LogP contribution >= 0.6 is 0 Å². The molecule has 0 unspecified atom stereocenters. The molecule has 4 nitrogen and oxygen atoms in total. The van der Waals surface area contributed by atoms with Crippen molar-refractivity contribution in [2.24, 2.45) is 10.8 Å². The van der Waals surface area contributed by atoms with Crippen molar-refractivity contribution < 1.29 is 17.7 Å². The van der Waals surface area contributed by atoms with Crippen LogP contribution in [-0.4, -0.2) is 26.7 Å². The van der Waals surface area contributed by atoms with E-state index in [1.165, 1.54) is 0 Å². The molecular formula is C16H26O4S. The van der Waals surface area contributed by atoms with E-state index in [4.69, 9.17) is 4.18 Å². The third-order valence-corrected chi connectivity index (χ3v) is 4.58. The summed E-state index contributed by atoms with van der Waals surface area (Å²) in [5, 5.41) is 9.33. The molecule has 21 heavy (non-hydrogen) atoms. The molecule has 0 radical (unpaired) electrons. The molecule has 0 fully saturated rings. The van der Waals surface area contributed by atoms with Gasteiger partial charge in [-0.25, -0.2) is 0 Å². The zero-order valence-corrected chi connectivity index (χ0v) is 14.3. The Morgan fingerprint density at radius 2 is 1.57 bits per heavy atom. The van der Waals surface area contributed by atoms with Crippen molar-refractivity contribution in [3.8, 4) is 0 Å². The van der Waals surface area contributed by atoms with Gasteiger partial charge in [0, 0.05) is 6.61 Å². The topological polar surface area (TPSA) is 63.6 Å². The monoisotopic (exact) mass is 314 g/mol. The van der Waals surface area contributed by atoms with Gasteiger partial charge in [0.25, 0.3) is 10.1 Å². The van der Waals surface area contributed by atoms with E-state index in [0.717, 1.165) is 5.56 Å². The van der Waals surface area contributed by atoms with Gasteiger partial charge in [-0.15, -0.1) is 0 Å². The first kappa shape index (κ1) is 18.1. The average Bonchev–Trinajstić information content (AvgIpc) is 2.36. The van der Waals surface area contributed by atoms with E-state index in [1.54, 1.807) is 24.3 Å². The highest BCUT2D eigenvalue weighted by molar-refractivity contribution is 7.86. The highest BCUT2D eigenvalue weighted by Gasteiger charge is 2.30. The van der Waals surface area contributed by atoms with Crippen LogP contribution < -0.4 is 0 Å². The van der Waals surface area contributed by atoms with Crippen molar-refractivity contribution in [3.05, 3.63) is 29.8 Å². The van der Waals surface area contributed by atoms with Crippen molar-refractivity contribution in [3.63, 3.8) is 0 Å². The molecule has 1 N–H and O–H groups in total. The number of aliphatic hydroxyl groups is 1. The van der Waals surface area contributed by atoms with Gasteiger partial charge < -0.3 is 5.11 Å². The van der Waals surface area contributed by atoms with E-state index in [0.29, 0.717) is 6.42 Å². The van der Waals surface area contributed by atoms with Crippen molar-refractivity contribution in [1.29, 1.82) is 0 Å². The van der Waals surface area contributed by atoms with Crippen LogP contribution in [0.3, 0.4) is 0 Å². The van der Waals surface area contributed by atoms with Crippen LogP contribution in [0, 0.1) is 17.8 Å². The number of hydrogen-bond donors (Lipinski definition) is 1. The summed E-state index contributed by atoms with van der Waals surface area (Å²) in [4.78, 5) is 0.172. The van der Waals surface area contributed by atoms with E-state index in [9.17, 15) is 13.5 Å². The molecule has 1 aromatic carbocycles. The Balaban J connectivity index is 2.75. The minimum atomic E-state index is -3.74. The summed E-state index contributed by atoms with van der Waals surface area (Å²) >= 11 is 0. The smallest absolute Gasteiger partial charge is 0.296 e. The number of rotatable bonds is 7. The van der Waals surface area contributed by atoms with E-state index in [2.05, 4.69) is 0 Å².